The average Bonchev–Trinajstić information content (AvgIpc) is 2.77. The second-order valence-corrected chi connectivity index (χ2v) is 5.23. The molecule has 1 aromatic carbocycles. The Hall–Kier alpha value is -2.30. The van der Waals surface area contributed by atoms with Crippen molar-refractivity contribution in [2.75, 3.05) is 12.4 Å². The van der Waals surface area contributed by atoms with E-state index in [4.69, 9.17) is 4.52 Å². The number of carbonyl (C=O) groups is 1. The zero-order chi connectivity index (χ0) is 15.6. The van der Waals surface area contributed by atoms with E-state index < -0.39 is 0 Å². The fourth-order valence-corrected chi connectivity index (χ4v) is 2.52. The third kappa shape index (κ3) is 3.07. The van der Waals surface area contributed by atoms with Crippen LogP contribution in [0, 0.1) is 20.8 Å². The number of carbonyl (C=O) groups excluding carboxylic acids is 1. The van der Waals surface area contributed by atoms with Gasteiger partial charge in [0.15, 0.2) is 0 Å². The Morgan fingerprint density at radius 1 is 1.29 bits per heavy atom. The molecule has 1 heterocycles. The summed E-state index contributed by atoms with van der Waals surface area (Å²) in [5.74, 6) is 0.616. The van der Waals surface area contributed by atoms with Gasteiger partial charge in [-0.25, -0.2) is 0 Å². The number of nitrogens with one attached hydrogen (secondary N) is 2. The standard InChI is InChI=1S/C16H21N3O2/c1-9-6-7-13(14(8-9)17-5)16(20)18-10(2)15-11(3)19-21-12(15)4/h6-8,10,17H,1-5H3,(H,18,20). The predicted molar refractivity (Wildman–Crippen MR) is 82.6 cm³/mol. The van der Waals surface area contributed by atoms with Gasteiger partial charge in [0.1, 0.15) is 5.76 Å². The van der Waals surface area contributed by atoms with Gasteiger partial charge in [0.25, 0.3) is 5.91 Å². The fourth-order valence-electron chi connectivity index (χ4n) is 2.52. The minimum Gasteiger partial charge on any atom is -0.387 e. The highest BCUT2D eigenvalue weighted by Gasteiger charge is 2.20. The number of hydrogen-bond donors (Lipinski definition) is 2. The Kier molecular flexibility index (Phi) is 4.31. The van der Waals surface area contributed by atoms with Crippen molar-refractivity contribution in [3.05, 3.63) is 46.3 Å². The molecule has 0 aliphatic rings. The third-order valence-corrected chi connectivity index (χ3v) is 3.56. The molecule has 5 nitrogen and oxygen atoms in total. The van der Waals surface area contributed by atoms with E-state index in [2.05, 4.69) is 15.8 Å². The van der Waals surface area contributed by atoms with Crippen molar-refractivity contribution < 1.29 is 9.32 Å². The van der Waals surface area contributed by atoms with Crippen molar-refractivity contribution >= 4 is 11.6 Å². The second kappa shape index (κ2) is 5.99. The van der Waals surface area contributed by atoms with Gasteiger partial charge in [0.2, 0.25) is 0 Å². The molecule has 0 saturated heterocycles. The Balaban J connectivity index is 2.22. The molecule has 21 heavy (non-hydrogen) atoms. The maximum atomic E-state index is 12.5. The fraction of sp³-hybridized carbons (Fsp3) is 0.375. The van der Waals surface area contributed by atoms with Crippen LogP contribution in [-0.4, -0.2) is 18.1 Å². The number of nitrogens with zero attached hydrogens (tertiary/aromatic N) is 1. The molecular formula is C16H21N3O2. The van der Waals surface area contributed by atoms with Crippen LogP contribution in [0.25, 0.3) is 0 Å². The number of amides is 1. The van der Waals surface area contributed by atoms with Crippen LogP contribution in [0.1, 0.15) is 45.9 Å². The first-order valence-electron chi connectivity index (χ1n) is 6.96. The van der Waals surface area contributed by atoms with Gasteiger partial charge in [-0.1, -0.05) is 11.2 Å². The van der Waals surface area contributed by atoms with Crippen molar-refractivity contribution in [2.45, 2.75) is 33.7 Å². The maximum Gasteiger partial charge on any atom is 0.253 e. The molecule has 2 N–H and O–H groups in total. The van der Waals surface area contributed by atoms with Crippen LogP contribution < -0.4 is 10.6 Å². The topological polar surface area (TPSA) is 67.2 Å². The largest absolute Gasteiger partial charge is 0.387 e. The number of benzene rings is 1. The summed E-state index contributed by atoms with van der Waals surface area (Å²) in [5, 5.41) is 9.98. The summed E-state index contributed by atoms with van der Waals surface area (Å²) < 4.78 is 5.15. The molecule has 2 rings (SSSR count). The van der Waals surface area contributed by atoms with E-state index in [1.54, 1.807) is 0 Å². The molecule has 1 aromatic heterocycles. The van der Waals surface area contributed by atoms with E-state index in [0.29, 0.717) is 5.56 Å². The molecule has 5 heteroatoms. The van der Waals surface area contributed by atoms with Crippen molar-refractivity contribution in [1.29, 1.82) is 0 Å². The summed E-state index contributed by atoms with van der Waals surface area (Å²) in [5.41, 5.74) is 4.29. The molecule has 2 aromatic rings. The SMILES string of the molecule is CNc1cc(C)ccc1C(=O)NC(C)c1c(C)noc1C. The molecule has 0 fully saturated rings. The first-order chi connectivity index (χ1) is 9.93. The van der Waals surface area contributed by atoms with Crippen LogP contribution in [0.2, 0.25) is 0 Å². The molecule has 1 amide bonds. The quantitative estimate of drug-likeness (QED) is 0.906. The highest BCUT2D eigenvalue weighted by atomic mass is 16.5. The molecule has 0 aliphatic heterocycles. The van der Waals surface area contributed by atoms with Gasteiger partial charge in [-0.2, -0.15) is 0 Å². The Morgan fingerprint density at radius 2 is 2.00 bits per heavy atom. The van der Waals surface area contributed by atoms with Crippen molar-refractivity contribution in [1.82, 2.24) is 10.5 Å². The molecular weight excluding hydrogens is 266 g/mol. The number of rotatable bonds is 4. The zero-order valence-electron chi connectivity index (χ0n) is 13.1. The molecule has 112 valence electrons. The number of aryl methyl sites for hydroxylation is 3. The zero-order valence-corrected chi connectivity index (χ0v) is 13.1. The maximum absolute atomic E-state index is 12.5. The normalized spacial score (nSPS) is 12.0. The van der Waals surface area contributed by atoms with Gasteiger partial charge in [-0.15, -0.1) is 0 Å². The number of anilines is 1. The lowest BCUT2D eigenvalue weighted by atomic mass is 10.1. The van der Waals surface area contributed by atoms with Crippen molar-refractivity contribution in [3.63, 3.8) is 0 Å². The molecule has 0 bridgehead atoms. The van der Waals surface area contributed by atoms with Crippen LogP contribution in [0.4, 0.5) is 5.69 Å². The van der Waals surface area contributed by atoms with Crippen LogP contribution in [-0.2, 0) is 0 Å². The summed E-state index contributed by atoms with van der Waals surface area (Å²) in [6.45, 7) is 7.65. The van der Waals surface area contributed by atoms with Gasteiger partial charge in [0, 0.05) is 18.3 Å². The molecule has 0 aliphatic carbocycles. The molecule has 1 unspecified atom stereocenters. The summed E-state index contributed by atoms with van der Waals surface area (Å²) >= 11 is 0. The van der Waals surface area contributed by atoms with E-state index in [1.807, 2.05) is 52.9 Å². The molecule has 0 radical (unpaired) electrons. The highest BCUT2D eigenvalue weighted by molar-refractivity contribution is 5.99. The Bertz CT molecular complexity index is 642. The van der Waals surface area contributed by atoms with Crippen LogP contribution in [0.5, 0.6) is 0 Å². The summed E-state index contributed by atoms with van der Waals surface area (Å²) in [6, 6.07) is 5.55. The second-order valence-electron chi connectivity index (χ2n) is 5.23. The summed E-state index contributed by atoms with van der Waals surface area (Å²) in [6.07, 6.45) is 0. The first kappa shape index (κ1) is 15.1. The lowest BCUT2D eigenvalue weighted by Crippen LogP contribution is -2.28. The van der Waals surface area contributed by atoms with Gasteiger partial charge in [0.05, 0.1) is 17.3 Å². The number of aromatic nitrogens is 1. The minimum atomic E-state index is -0.158. The number of hydrogen-bond acceptors (Lipinski definition) is 4. The van der Waals surface area contributed by atoms with Gasteiger partial charge in [-0.05, 0) is 45.4 Å². The van der Waals surface area contributed by atoms with E-state index in [1.165, 1.54) is 0 Å². The lowest BCUT2D eigenvalue weighted by Gasteiger charge is -2.16. The summed E-state index contributed by atoms with van der Waals surface area (Å²) in [4.78, 5) is 12.5. The minimum absolute atomic E-state index is 0.119. The van der Waals surface area contributed by atoms with E-state index in [0.717, 1.165) is 28.3 Å². The average molecular weight is 287 g/mol. The van der Waals surface area contributed by atoms with Crippen LogP contribution in [0.3, 0.4) is 0 Å². The van der Waals surface area contributed by atoms with Gasteiger partial charge in [-0.3, -0.25) is 4.79 Å². The molecule has 0 spiro atoms. The Morgan fingerprint density at radius 3 is 2.57 bits per heavy atom. The molecule has 1 atom stereocenters. The van der Waals surface area contributed by atoms with E-state index in [-0.39, 0.29) is 11.9 Å². The lowest BCUT2D eigenvalue weighted by molar-refractivity contribution is 0.0940. The highest BCUT2D eigenvalue weighted by Crippen LogP contribution is 2.23. The predicted octanol–water partition coefficient (Wildman–Crippen LogP) is 3.13. The van der Waals surface area contributed by atoms with Gasteiger partial charge < -0.3 is 15.2 Å². The van der Waals surface area contributed by atoms with E-state index >= 15 is 0 Å². The summed E-state index contributed by atoms with van der Waals surface area (Å²) in [7, 11) is 1.81. The Labute approximate surface area is 124 Å². The monoisotopic (exact) mass is 287 g/mol. The van der Waals surface area contributed by atoms with Crippen LogP contribution >= 0.6 is 0 Å². The van der Waals surface area contributed by atoms with Crippen molar-refractivity contribution in [3.8, 4) is 0 Å². The first-order valence-corrected chi connectivity index (χ1v) is 6.96. The van der Waals surface area contributed by atoms with Crippen molar-refractivity contribution in [2.24, 2.45) is 0 Å². The molecule has 0 saturated carbocycles. The third-order valence-electron chi connectivity index (χ3n) is 3.56. The van der Waals surface area contributed by atoms with Gasteiger partial charge >= 0.3 is 0 Å². The smallest absolute Gasteiger partial charge is 0.253 e. The van der Waals surface area contributed by atoms with Crippen LogP contribution in [0.15, 0.2) is 22.7 Å². The van der Waals surface area contributed by atoms with E-state index in [9.17, 15) is 4.79 Å².